The van der Waals surface area contributed by atoms with Gasteiger partial charge in [0.25, 0.3) is 0 Å². The molecule has 3 rings (SSSR count). The zero-order valence-electron chi connectivity index (χ0n) is 7.66. The summed E-state index contributed by atoms with van der Waals surface area (Å²) in [5, 5.41) is 8.04. The van der Waals surface area contributed by atoms with Crippen molar-refractivity contribution >= 4 is 21.9 Å². The van der Waals surface area contributed by atoms with Gasteiger partial charge in [0.1, 0.15) is 5.75 Å². The SMILES string of the molecule is COc1ccc2[nH]c3cn[nH]c3c2c1. The van der Waals surface area contributed by atoms with Gasteiger partial charge in [0.05, 0.1) is 24.3 Å². The van der Waals surface area contributed by atoms with E-state index in [1.165, 1.54) is 0 Å². The van der Waals surface area contributed by atoms with Crippen molar-refractivity contribution in [2.45, 2.75) is 0 Å². The number of benzene rings is 1. The fourth-order valence-corrected chi connectivity index (χ4v) is 1.70. The van der Waals surface area contributed by atoms with Crippen LogP contribution in [0.5, 0.6) is 5.75 Å². The van der Waals surface area contributed by atoms with Crippen molar-refractivity contribution in [3.63, 3.8) is 0 Å². The smallest absolute Gasteiger partial charge is 0.119 e. The molecule has 0 atom stereocenters. The van der Waals surface area contributed by atoms with Crippen LogP contribution < -0.4 is 4.74 Å². The lowest BCUT2D eigenvalue weighted by atomic mass is 10.2. The number of nitrogens with zero attached hydrogens (tertiary/aromatic N) is 1. The standard InChI is InChI=1S/C10H9N3O/c1-14-6-2-3-8-7(4-6)10-9(12-8)5-11-13-10/h2-5,12H,1H3,(H,11,13). The minimum absolute atomic E-state index is 0.855. The van der Waals surface area contributed by atoms with E-state index in [0.29, 0.717) is 0 Å². The highest BCUT2D eigenvalue weighted by Gasteiger charge is 2.05. The average molecular weight is 187 g/mol. The summed E-state index contributed by atoms with van der Waals surface area (Å²) in [6.45, 7) is 0. The maximum atomic E-state index is 5.17. The highest BCUT2D eigenvalue weighted by Crippen LogP contribution is 2.26. The molecule has 0 saturated carbocycles. The third kappa shape index (κ3) is 0.849. The van der Waals surface area contributed by atoms with E-state index in [4.69, 9.17) is 4.74 Å². The Kier molecular flexibility index (Phi) is 1.33. The van der Waals surface area contributed by atoms with Crippen LogP contribution in [-0.2, 0) is 0 Å². The normalized spacial score (nSPS) is 11.2. The summed E-state index contributed by atoms with van der Waals surface area (Å²) in [5.41, 5.74) is 3.14. The summed E-state index contributed by atoms with van der Waals surface area (Å²) in [4.78, 5) is 3.26. The highest BCUT2D eigenvalue weighted by molar-refractivity contribution is 6.05. The van der Waals surface area contributed by atoms with Gasteiger partial charge in [-0.15, -0.1) is 0 Å². The van der Waals surface area contributed by atoms with E-state index >= 15 is 0 Å². The van der Waals surface area contributed by atoms with E-state index in [-0.39, 0.29) is 0 Å². The molecular formula is C10H9N3O. The first kappa shape index (κ1) is 7.44. The van der Waals surface area contributed by atoms with Gasteiger partial charge in [-0.05, 0) is 18.2 Å². The summed E-state index contributed by atoms with van der Waals surface area (Å²) in [6, 6.07) is 5.93. The summed E-state index contributed by atoms with van der Waals surface area (Å²) in [7, 11) is 1.66. The molecule has 0 amide bonds. The number of aromatic nitrogens is 3. The molecule has 4 heteroatoms. The predicted octanol–water partition coefficient (Wildman–Crippen LogP) is 2.05. The Bertz CT molecular complexity index is 593. The molecule has 0 fully saturated rings. The molecule has 2 heterocycles. The number of aromatic amines is 2. The molecule has 14 heavy (non-hydrogen) atoms. The van der Waals surface area contributed by atoms with Crippen molar-refractivity contribution in [2.24, 2.45) is 0 Å². The summed E-state index contributed by atoms with van der Waals surface area (Å²) < 4.78 is 5.17. The van der Waals surface area contributed by atoms with E-state index < -0.39 is 0 Å². The lowest BCUT2D eigenvalue weighted by Crippen LogP contribution is -1.81. The number of H-pyrrole nitrogens is 2. The molecule has 2 aromatic heterocycles. The molecule has 0 bridgehead atoms. The minimum atomic E-state index is 0.855. The molecule has 3 aromatic rings. The number of rotatable bonds is 1. The third-order valence-corrected chi connectivity index (χ3v) is 2.40. The molecule has 1 aromatic carbocycles. The quantitative estimate of drug-likeness (QED) is 0.612. The van der Waals surface area contributed by atoms with Crippen LogP contribution in [0.25, 0.3) is 21.9 Å². The van der Waals surface area contributed by atoms with Crippen molar-refractivity contribution in [1.29, 1.82) is 0 Å². The Morgan fingerprint density at radius 2 is 2.21 bits per heavy atom. The highest BCUT2D eigenvalue weighted by atomic mass is 16.5. The third-order valence-electron chi connectivity index (χ3n) is 2.40. The number of hydrogen-bond donors (Lipinski definition) is 2. The second-order valence-corrected chi connectivity index (χ2v) is 3.20. The van der Waals surface area contributed by atoms with Gasteiger partial charge in [-0.3, -0.25) is 5.10 Å². The van der Waals surface area contributed by atoms with E-state index in [1.807, 2.05) is 18.2 Å². The first-order chi connectivity index (χ1) is 6.88. The zero-order chi connectivity index (χ0) is 9.54. The van der Waals surface area contributed by atoms with Crippen LogP contribution in [-0.4, -0.2) is 22.3 Å². The fraction of sp³-hybridized carbons (Fsp3) is 0.100. The maximum Gasteiger partial charge on any atom is 0.119 e. The van der Waals surface area contributed by atoms with Gasteiger partial charge in [-0.2, -0.15) is 5.10 Å². The van der Waals surface area contributed by atoms with E-state index in [0.717, 1.165) is 27.7 Å². The zero-order valence-corrected chi connectivity index (χ0v) is 7.66. The fourth-order valence-electron chi connectivity index (χ4n) is 1.70. The molecule has 0 saturated heterocycles. The van der Waals surface area contributed by atoms with Gasteiger partial charge in [0, 0.05) is 10.9 Å². The van der Waals surface area contributed by atoms with Gasteiger partial charge in [-0.25, -0.2) is 0 Å². The number of nitrogens with one attached hydrogen (secondary N) is 2. The monoisotopic (exact) mass is 187 g/mol. The number of methoxy groups -OCH3 is 1. The maximum absolute atomic E-state index is 5.17. The molecule has 0 spiro atoms. The van der Waals surface area contributed by atoms with E-state index in [1.54, 1.807) is 13.3 Å². The molecular weight excluding hydrogens is 178 g/mol. The Hall–Kier alpha value is -1.97. The van der Waals surface area contributed by atoms with Crippen LogP contribution in [0.2, 0.25) is 0 Å². The Morgan fingerprint density at radius 1 is 1.29 bits per heavy atom. The first-order valence-corrected chi connectivity index (χ1v) is 4.37. The molecule has 0 radical (unpaired) electrons. The van der Waals surface area contributed by atoms with Crippen LogP contribution in [0.1, 0.15) is 0 Å². The average Bonchev–Trinajstić information content (AvgIpc) is 2.76. The second kappa shape index (κ2) is 2.51. The van der Waals surface area contributed by atoms with Crippen LogP contribution in [0.4, 0.5) is 0 Å². The molecule has 0 unspecified atom stereocenters. The second-order valence-electron chi connectivity index (χ2n) is 3.20. The Labute approximate surface area is 79.9 Å². The van der Waals surface area contributed by atoms with Crippen LogP contribution >= 0.6 is 0 Å². The first-order valence-electron chi connectivity index (χ1n) is 4.37. The lowest BCUT2D eigenvalue weighted by Gasteiger charge is -1.97. The van der Waals surface area contributed by atoms with Gasteiger partial charge in [0.15, 0.2) is 0 Å². The molecule has 2 N–H and O–H groups in total. The topological polar surface area (TPSA) is 53.7 Å². The number of ether oxygens (including phenoxy) is 1. The molecule has 4 nitrogen and oxygen atoms in total. The van der Waals surface area contributed by atoms with Crippen molar-refractivity contribution in [1.82, 2.24) is 15.2 Å². The summed E-state index contributed by atoms with van der Waals surface area (Å²) in [5.74, 6) is 0.855. The molecule has 0 aliphatic heterocycles. The largest absolute Gasteiger partial charge is 0.497 e. The van der Waals surface area contributed by atoms with Crippen molar-refractivity contribution in [3.05, 3.63) is 24.4 Å². The van der Waals surface area contributed by atoms with Crippen molar-refractivity contribution in [3.8, 4) is 5.75 Å². The lowest BCUT2D eigenvalue weighted by molar-refractivity contribution is 0.415. The van der Waals surface area contributed by atoms with Crippen molar-refractivity contribution < 1.29 is 4.74 Å². The Balaban J connectivity index is 2.46. The number of fused-ring (bicyclic) bond motifs is 3. The summed E-state index contributed by atoms with van der Waals surface area (Å²) >= 11 is 0. The van der Waals surface area contributed by atoms with Crippen LogP contribution in [0.15, 0.2) is 24.4 Å². The molecule has 0 aliphatic rings. The van der Waals surface area contributed by atoms with Gasteiger partial charge in [0.2, 0.25) is 0 Å². The molecule has 0 aliphatic carbocycles. The molecule has 70 valence electrons. The van der Waals surface area contributed by atoms with Crippen molar-refractivity contribution in [2.75, 3.05) is 7.11 Å². The minimum Gasteiger partial charge on any atom is -0.497 e. The number of hydrogen-bond acceptors (Lipinski definition) is 2. The van der Waals surface area contributed by atoms with Crippen LogP contribution in [0.3, 0.4) is 0 Å². The van der Waals surface area contributed by atoms with E-state index in [2.05, 4.69) is 15.2 Å². The van der Waals surface area contributed by atoms with Gasteiger partial charge < -0.3 is 9.72 Å². The van der Waals surface area contributed by atoms with Gasteiger partial charge >= 0.3 is 0 Å². The van der Waals surface area contributed by atoms with E-state index in [9.17, 15) is 0 Å². The predicted molar refractivity (Wildman–Crippen MR) is 54.5 cm³/mol. The Morgan fingerprint density at radius 3 is 3.07 bits per heavy atom. The van der Waals surface area contributed by atoms with Gasteiger partial charge in [-0.1, -0.05) is 0 Å². The summed E-state index contributed by atoms with van der Waals surface area (Å²) in [6.07, 6.45) is 1.78. The van der Waals surface area contributed by atoms with Crippen LogP contribution in [0, 0.1) is 0 Å².